The lowest BCUT2D eigenvalue weighted by molar-refractivity contribution is -0.137. The normalized spacial score (nSPS) is 12.7. The molecule has 12 aromatic rings. The van der Waals surface area contributed by atoms with Gasteiger partial charge in [-0.25, -0.2) is 19.8 Å². The summed E-state index contributed by atoms with van der Waals surface area (Å²) in [7, 11) is 0. The van der Waals surface area contributed by atoms with Gasteiger partial charge in [-0.05, 0) is 159 Å². The lowest BCUT2D eigenvalue weighted by Crippen LogP contribution is -2.17. The van der Waals surface area contributed by atoms with Crippen LogP contribution in [0, 0.1) is 13.5 Å². The van der Waals surface area contributed by atoms with Crippen molar-refractivity contribution in [2.75, 3.05) is 0 Å². The molecule has 0 atom stereocenters. The molecule has 0 amide bonds. The molecule has 0 aliphatic heterocycles. The van der Waals surface area contributed by atoms with Gasteiger partial charge in [-0.15, -0.1) is 0 Å². The third kappa shape index (κ3) is 10.5. The van der Waals surface area contributed by atoms with Crippen LogP contribution in [0.25, 0.3) is 116 Å². The zero-order valence-electron chi connectivity index (χ0n) is 50.6. The Kier molecular flexibility index (Phi) is 13.5. The highest BCUT2D eigenvalue weighted by Crippen LogP contribution is 2.46. The van der Waals surface area contributed by atoms with Crippen molar-refractivity contribution >= 4 is 49.3 Å². The van der Waals surface area contributed by atoms with Crippen LogP contribution in [-0.2, 0) is 27.8 Å². The molecule has 0 N–H and O–H groups in total. The summed E-state index contributed by atoms with van der Waals surface area (Å²) < 4.78 is 48.5. The van der Waals surface area contributed by atoms with E-state index in [9.17, 15) is 13.2 Å². The van der Waals surface area contributed by atoms with Gasteiger partial charge in [0.15, 0.2) is 23.2 Å². The molecule has 0 radical (unpaired) electrons. The van der Waals surface area contributed by atoms with Crippen molar-refractivity contribution < 1.29 is 13.2 Å². The van der Waals surface area contributed by atoms with Crippen molar-refractivity contribution in [3.8, 4) is 67.8 Å². The van der Waals surface area contributed by atoms with Crippen LogP contribution in [-0.4, -0.2) is 24.1 Å². The number of hydrogen-bond donors (Lipinski definition) is 0. The fraction of sp³-hybridized carbons (Fsp3) is 0.237. The molecule has 0 spiro atoms. The van der Waals surface area contributed by atoms with Crippen molar-refractivity contribution in [1.29, 1.82) is 0 Å². The van der Waals surface area contributed by atoms with Crippen LogP contribution < -0.4 is 0 Å². The number of nitrogens with zero attached hydrogens (tertiary/aromatic N) is 6. The number of fused-ring (bicyclic) bond motifs is 6. The maximum absolute atomic E-state index is 14.7. The molecule has 0 saturated carbocycles. The van der Waals surface area contributed by atoms with Gasteiger partial charge in [-0.3, -0.25) is 0 Å². The van der Waals surface area contributed by atoms with E-state index < -0.39 is 11.7 Å². The summed E-state index contributed by atoms with van der Waals surface area (Å²) in [5, 5.41) is 3.36. The topological polar surface area (TPSA) is 52.9 Å². The molecule has 3 aromatic heterocycles. The SMILES string of the molecule is [C-]#[N+]c1cccc(-c2ccc(-c3cc(-c4nc(-c5cc(C(C)(C)C)cc(C(C)(C)C)c5)nc(-c5cc(C(C)(C)C)cc(C(C)(C)C)c5)n4)ccc3-n3c4ccccc4c4cc(C(F)(F)F)ccc43)c(-n3c4ccccc4c4cc(C)ccc43)c2)c1. The molecule has 9 heteroatoms. The van der Waals surface area contributed by atoms with Crippen molar-refractivity contribution in [1.82, 2.24) is 24.1 Å². The molecule has 85 heavy (non-hydrogen) atoms. The molecule has 3 heterocycles. The Hall–Kier alpha value is -9.13. The highest BCUT2D eigenvalue weighted by Gasteiger charge is 2.32. The van der Waals surface area contributed by atoms with Gasteiger partial charge in [-0.1, -0.05) is 174 Å². The summed E-state index contributed by atoms with van der Waals surface area (Å²) in [6.45, 7) is 36.8. The average Bonchev–Trinajstić information content (AvgIpc) is 2.24. The molecular weight excluding hydrogens is 1050 g/mol. The highest BCUT2D eigenvalue weighted by molar-refractivity contribution is 6.12. The van der Waals surface area contributed by atoms with E-state index in [0.717, 1.165) is 77.6 Å². The predicted molar refractivity (Wildman–Crippen MR) is 346 cm³/mol. The number of halogens is 3. The van der Waals surface area contributed by atoms with E-state index in [2.05, 4.69) is 213 Å². The van der Waals surface area contributed by atoms with E-state index >= 15 is 0 Å². The Labute approximate surface area is 496 Å². The van der Waals surface area contributed by atoms with Crippen molar-refractivity contribution in [3.63, 3.8) is 0 Å². The number of hydrogen-bond acceptors (Lipinski definition) is 3. The third-order valence-corrected chi connectivity index (χ3v) is 16.6. The van der Waals surface area contributed by atoms with Crippen LogP contribution >= 0.6 is 0 Å². The minimum atomic E-state index is -4.55. The molecule has 0 unspecified atom stereocenters. The monoisotopic (exact) mass is 1120 g/mol. The number of rotatable bonds is 7. The van der Waals surface area contributed by atoms with E-state index in [4.69, 9.17) is 21.5 Å². The van der Waals surface area contributed by atoms with Crippen LogP contribution in [0.15, 0.2) is 182 Å². The van der Waals surface area contributed by atoms with E-state index in [0.29, 0.717) is 45.0 Å². The largest absolute Gasteiger partial charge is 0.416 e. The second-order valence-corrected chi connectivity index (χ2v) is 27.0. The number of alkyl halides is 3. The van der Waals surface area contributed by atoms with Crippen molar-refractivity contribution in [2.24, 2.45) is 0 Å². The first-order chi connectivity index (χ1) is 40.1. The number of aromatic nitrogens is 5. The summed E-state index contributed by atoms with van der Waals surface area (Å²) in [6, 6.07) is 60.6. The van der Waals surface area contributed by atoms with Gasteiger partial charge in [0, 0.05) is 49.4 Å². The van der Waals surface area contributed by atoms with Gasteiger partial charge in [0.1, 0.15) is 0 Å². The molecule has 0 fully saturated rings. The maximum Gasteiger partial charge on any atom is 0.416 e. The maximum atomic E-state index is 14.7. The number of para-hydroxylation sites is 2. The highest BCUT2D eigenvalue weighted by atomic mass is 19.4. The smallest absolute Gasteiger partial charge is 0.309 e. The molecule has 0 bridgehead atoms. The Morgan fingerprint density at radius 1 is 0.353 bits per heavy atom. The summed E-state index contributed by atoms with van der Waals surface area (Å²) in [6.07, 6.45) is -4.55. The Balaban J connectivity index is 1.22. The van der Waals surface area contributed by atoms with Crippen LogP contribution in [0.3, 0.4) is 0 Å². The van der Waals surface area contributed by atoms with Gasteiger partial charge in [0.05, 0.1) is 45.6 Å². The second-order valence-electron chi connectivity index (χ2n) is 27.0. The first kappa shape index (κ1) is 56.4. The van der Waals surface area contributed by atoms with Crippen molar-refractivity contribution in [3.05, 3.63) is 227 Å². The predicted octanol–water partition coefficient (Wildman–Crippen LogP) is 21.5. The van der Waals surface area contributed by atoms with Crippen LogP contribution in [0.4, 0.5) is 18.9 Å². The summed E-state index contributed by atoms with van der Waals surface area (Å²) >= 11 is 0. The van der Waals surface area contributed by atoms with Crippen LogP contribution in [0.5, 0.6) is 0 Å². The molecular formula is C76H69F3N6. The minimum absolute atomic E-state index is 0.189. The number of benzene rings is 9. The molecule has 0 aliphatic rings. The molecule has 12 rings (SSSR count). The molecule has 424 valence electrons. The van der Waals surface area contributed by atoms with E-state index in [1.54, 1.807) is 6.07 Å². The fourth-order valence-corrected chi connectivity index (χ4v) is 11.7. The second kappa shape index (κ2) is 20.3. The van der Waals surface area contributed by atoms with Gasteiger partial charge >= 0.3 is 6.18 Å². The Morgan fingerprint density at radius 3 is 1.33 bits per heavy atom. The van der Waals surface area contributed by atoms with Crippen LogP contribution in [0.2, 0.25) is 0 Å². The molecule has 0 saturated heterocycles. The quantitative estimate of drug-likeness (QED) is 0.149. The first-order valence-electron chi connectivity index (χ1n) is 29.1. The molecule has 0 aliphatic carbocycles. The van der Waals surface area contributed by atoms with Gasteiger partial charge in [0.2, 0.25) is 0 Å². The van der Waals surface area contributed by atoms with Gasteiger partial charge in [0.25, 0.3) is 0 Å². The number of aryl methyl sites for hydroxylation is 1. The standard InChI is InChI=1S/C76H69F3N6/c1-45-26-31-65-60(34-45)57-22-15-18-25-64(57)85(65)68-41-47(46-20-19-21-56(39-46)80-14)27-30-59(68)61-40-48(28-32-66(61)84-63-24-17-16-23-58(63)62-44-51(76(77,78)79)29-33-67(62)84)69-81-70(49-35-52(72(2,3)4)42-53(36-49)73(5,6)7)83-71(82-69)50-37-54(74(8,9)10)43-55(38-50)75(11,12)13/h15-44H,1-13H3. The van der Waals surface area contributed by atoms with E-state index in [1.807, 2.05) is 54.6 Å². The summed E-state index contributed by atoms with van der Waals surface area (Å²) in [5.74, 6) is 1.54. The third-order valence-electron chi connectivity index (χ3n) is 16.6. The fourth-order valence-electron chi connectivity index (χ4n) is 11.7. The Morgan fingerprint density at radius 2 is 0.812 bits per heavy atom. The summed E-state index contributed by atoms with van der Waals surface area (Å²) in [4.78, 5) is 20.3. The van der Waals surface area contributed by atoms with Gasteiger partial charge in [-0.2, -0.15) is 13.2 Å². The van der Waals surface area contributed by atoms with Crippen LogP contribution in [0.1, 0.15) is 116 Å². The molecule has 9 aromatic carbocycles. The average molecular weight is 1120 g/mol. The lowest BCUT2D eigenvalue weighted by atomic mass is 9.79. The zero-order valence-corrected chi connectivity index (χ0v) is 50.6. The van der Waals surface area contributed by atoms with E-state index in [1.165, 1.54) is 34.4 Å². The first-order valence-corrected chi connectivity index (χ1v) is 29.1. The lowest BCUT2D eigenvalue weighted by Gasteiger charge is -2.26. The van der Waals surface area contributed by atoms with E-state index in [-0.39, 0.29) is 21.7 Å². The Bertz CT molecular complexity index is 4550. The molecule has 6 nitrogen and oxygen atoms in total. The van der Waals surface area contributed by atoms with Crippen molar-refractivity contribution in [2.45, 2.75) is 118 Å². The van der Waals surface area contributed by atoms with Gasteiger partial charge < -0.3 is 9.13 Å². The summed E-state index contributed by atoms with van der Waals surface area (Å²) in [5.41, 5.74) is 15.7. The zero-order chi connectivity index (χ0) is 60.3. The minimum Gasteiger partial charge on any atom is -0.309 e.